The van der Waals surface area contributed by atoms with E-state index in [9.17, 15) is 14.4 Å². The first-order chi connectivity index (χ1) is 15.5. The molecule has 0 aromatic carbocycles. The molecule has 1 aliphatic carbocycles. The van der Waals surface area contributed by atoms with E-state index in [1.54, 1.807) is 43.6 Å². The number of carbonyl (C=O) groups is 3. The van der Waals surface area contributed by atoms with Crippen LogP contribution in [0.2, 0.25) is 0 Å². The molecule has 0 radical (unpaired) electrons. The standard InChI is InChI=1S/C23H29N5O4/c1-3-14-28(21(30)9-8-20(29)26-19-15-16(2)32-27-19)22(17-10-12-24-13-11-17)23(31)25-18-6-4-5-7-18/h3,10-13,15,18,22H,1,4-9,14H2,2H3,(H,25,31)(H,26,27,29)/t22-/m0/s1. The second-order valence-corrected chi connectivity index (χ2v) is 7.88. The van der Waals surface area contributed by atoms with E-state index in [2.05, 4.69) is 27.4 Å². The molecule has 2 aromatic heterocycles. The predicted octanol–water partition coefficient (Wildman–Crippen LogP) is 2.91. The van der Waals surface area contributed by atoms with Gasteiger partial charge in [-0.05, 0) is 37.5 Å². The van der Waals surface area contributed by atoms with Gasteiger partial charge in [-0.1, -0.05) is 24.1 Å². The van der Waals surface area contributed by atoms with Crippen molar-refractivity contribution in [2.75, 3.05) is 11.9 Å². The Morgan fingerprint density at radius 1 is 1.25 bits per heavy atom. The van der Waals surface area contributed by atoms with Crippen LogP contribution in [0.25, 0.3) is 0 Å². The lowest BCUT2D eigenvalue weighted by Gasteiger charge is -2.31. The molecule has 3 rings (SSSR count). The van der Waals surface area contributed by atoms with Gasteiger partial charge in [-0.2, -0.15) is 0 Å². The van der Waals surface area contributed by atoms with Crippen LogP contribution in [0.4, 0.5) is 5.82 Å². The molecule has 1 atom stereocenters. The van der Waals surface area contributed by atoms with Crippen molar-refractivity contribution in [1.29, 1.82) is 0 Å². The first-order valence-electron chi connectivity index (χ1n) is 10.8. The van der Waals surface area contributed by atoms with Crippen molar-refractivity contribution in [3.05, 3.63) is 54.6 Å². The van der Waals surface area contributed by atoms with E-state index >= 15 is 0 Å². The van der Waals surface area contributed by atoms with E-state index < -0.39 is 6.04 Å². The Balaban J connectivity index is 1.71. The summed E-state index contributed by atoms with van der Waals surface area (Å²) in [7, 11) is 0. The summed E-state index contributed by atoms with van der Waals surface area (Å²) in [6.07, 6.45) is 8.69. The lowest BCUT2D eigenvalue weighted by Crippen LogP contribution is -2.46. The highest BCUT2D eigenvalue weighted by Crippen LogP contribution is 2.25. The molecule has 9 nitrogen and oxygen atoms in total. The number of nitrogens with one attached hydrogen (secondary N) is 2. The second kappa shape index (κ2) is 11.2. The highest BCUT2D eigenvalue weighted by Gasteiger charge is 2.32. The number of aryl methyl sites for hydroxylation is 1. The molecule has 1 saturated carbocycles. The van der Waals surface area contributed by atoms with Crippen molar-refractivity contribution < 1.29 is 18.9 Å². The van der Waals surface area contributed by atoms with Gasteiger partial charge in [-0.25, -0.2) is 0 Å². The van der Waals surface area contributed by atoms with Gasteiger partial charge in [0.2, 0.25) is 17.7 Å². The molecule has 170 valence electrons. The number of pyridine rings is 1. The van der Waals surface area contributed by atoms with Gasteiger partial charge in [0.25, 0.3) is 0 Å². The van der Waals surface area contributed by atoms with Crippen LogP contribution in [0, 0.1) is 6.92 Å². The molecule has 0 saturated heterocycles. The molecule has 32 heavy (non-hydrogen) atoms. The smallest absolute Gasteiger partial charge is 0.247 e. The SMILES string of the molecule is C=CCN(C(=O)CCC(=O)Nc1cc(C)on1)[C@H](C(=O)NC1CCCC1)c1ccncc1. The summed E-state index contributed by atoms with van der Waals surface area (Å²) in [5.41, 5.74) is 0.660. The molecule has 1 aliphatic rings. The average Bonchev–Trinajstić information content (AvgIpc) is 3.44. The lowest BCUT2D eigenvalue weighted by atomic mass is 10.0. The summed E-state index contributed by atoms with van der Waals surface area (Å²) in [5.74, 6) is -0.0443. The third-order valence-corrected chi connectivity index (χ3v) is 5.39. The van der Waals surface area contributed by atoms with Crippen LogP contribution in [0.3, 0.4) is 0 Å². The molecular formula is C23H29N5O4. The van der Waals surface area contributed by atoms with Crippen LogP contribution >= 0.6 is 0 Å². The summed E-state index contributed by atoms with van der Waals surface area (Å²) >= 11 is 0. The molecule has 0 aliphatic heterocycles. The minimum atomic E-state index is -0.828. The van der Waals surface area contributed by atoms with Crippen molar-refractivity contribution in [3.8, 4) is 0 Å². The molecule has 2 heterocycles. The fraction of sp³-hybridized carbons (Fsp3) is 0.435. The third-order valence-electron chi connectivity index (χ3n) is 5.39. The lowest BCUT2D eigenvalue weighted by molar-refractivity contribution is -0.141. The summed E-state index contributed by atoms with van der Waals surface area (Å²) in [6.45, 7) is 5.63. The van der Waals surface area contributed by atoms with Gasteiger partial charge >= 0.3 is 0 Å². The summed E-state index contributed by atoms with van der Waals surface area (Å²) in [4.78, 5) is 44.1. The Morgan fingerprint density at radius 3 is 2.59 bits per heavy atom. The Labute approximate surface area is 187 Å². The fourth-order valence-corrected chi connectivity index (χ4v) is 3.85. The van der Waals surface area contributed by atoms with Crippen LogP contribution in [0.1, 0.15) is 55.9 Å². The van der Waals surface area contributed by atoms with Crippen LogP contribution in [-0.4, -0.2) is 45.3 Å². The van der Waals surface area contributed by atoms with Crippen LogP contribution in [-0.2, 0) is 14.4 Å². The van der Waals surface area contributed by atoms with Gasteiger partial charge in [0.05, 0.1) is 0 Å². The normalized spacial score (nSPS) is 14.5. The van der Waals surface area contributed by atoms with Gasteiger partial charge in [-0.15, -0.1) is 6.58 Å². The van der Waals surface area contributed by atoms with Crippen molar-refractivity contribution in [1.82, 2.24) is 20.4 Å². The Morgan fingerprint density at radius 2 is 1.97 bits per heavy atom. The molecular weight excluding hydrogens is 410 g/mol. The highest BCUT2D eigenvalue weighted by molar-refractivity contribution is 5.94. The first-order valence-corrected chi connectivity index (χ1v) is 10.8. The third kappa shape index (κ3) is 6.26. The second-order valence-electron chi connectivity index (χ2n) is 7.88. The van der Waals surface area contributed by atoms with E-state index in [0.29, 0.717) is 17.1 Å². The monoisotopic (exact) mass is 439 g/mol. The van der Waals surface area contributed by atoms with Gasteiger partial charge in [0.1, 0.15) is 11.8 Å². The molecule has 2 N–H and O–H groups in total. The molecule has 9 heteroatoms. The minimum absolute atomic E-state index is 0.0499. The van der Waals surface area contributed by atoms with Crippen molar-refractivity contribution in [2.24, 2.45) is 0 Å². The van der Waals surface area contributed by atoms with Gasteiger partial charge < -0.3 is 20.1 Å². The number of rotatable bonds is 10. The molecule has 3 amide bonds. The minimum Gasteiger partial charge on any atom is -0.360 e. The van der Waals surface area contributed by atoms with Crippen molar-refractivity contribution in [2.45, 2.75) is 57.5 Å². The van der Waals surface area contributed by atoms with E-state index in [1.165, 1.54) is 4.90 Å². The molecule has 2 aromatic rings. The molecule has 0 bridgehead atoms. The number of amides is 3. The van der Waals surface area contributed by atoms with E-state index in [1.807, 2.05) is 0 Å². The highest BCUT2D eigenvalue weighted by atomic mass is 16.5. The summed E-state index contributed by atoms with van der Waals surface area (Å²) in [6, 6.07) is 4.33. The van der Waals surface area contributed by atoms with Gasteiger partial charge in [-0.3, -0.25) is 19.4 Å². The zero-order chi connectivity index (χ0) is 22.9. The van der Waals surface area contributed by atoms with Crippen molar-refractivity contribution >= 4 is 23.5 Å². The van der Waals surface area contributed by atoms with E-state index in [0.717, 1.165) is 25.7 Å². The number of carbonyl (C=O) groups excluding carboxylic acids is 3. The van der Waals surface area contributed by atoms with E-state index in [-0.39, 0.29) is 43.1 Å². The zero-order valence-corrected chi connectivity index (χ0v) is 18.3. The van der Waals surface area contributed by atoms with Crippen LogP contribution < -0.4 is 10.6 Å². The number of hydrogen-bond acceptors (Lipinski definition) is 6. The summed E-state index contributed by atoms with van der Waals surface area (Å²) in [5, 5.41) is 9.40. The van der Waals surface area contributed by atoms with Gasteiger partial charge in [0.15, 0.2) is 5.82 Å². The number of aromatic nitrogens is 2. The maximum atomic E-state index is 13.2. The number of hydrogen-bond donors (Lipinski definition) is 2. The first kappa shape index (κ1) is 23.2. The maximum absolute atomic E-state index is 13.2. The molecule has 0 spiro atoms. The number of anilines is 1. The van der Waals surface area contributed by atoms with Gasteiger partial charge in [0, 0.05) is 43.9 Å². The summed E-state index contributed by atoms with van der Waals surface area (Å²) < 4.78 is 4.92. The largest absolute Gasteiger partial charge is 0.360 e. The zero-order valence-electron chi connectivity index (χ0n) is 18.3. The Kier molecular flexibility index (Phi) is 8.13. The predicted molar refractivity (Wildman–Crippen MR) is 118 cm³/mol. The maximum Gasteiger partial charge on any atom is 0.247 e. The quantitative estimate of drug-likeness (QED) is 0.550. The molecule has 0 unspecified atom stereocenters. The van der Waals surface area contributed by atoms with E-state index in [4.69, 9.17) is 4.52 Å². The topological polar surface area (TPSA) is 117 Å². The molecule has 1 fully saturated rings. The Hall–Kier alpha value is -3.49. The number of nitrogens with zero attached hydrogens (tertiary/aromatic N) is 3. The van der Waals surface area contributed by atoms with Crippen LogP contribution in [0.5, 0.6) is 0 Å². The van der Waals surface area contributed by atoms with Crippen LogP contribution in [0.15, 0.2) is 47.8 Å². The van der Waals surface area contributed by atoms with Crippen molar-refractivity contribution in [3.63, 3.8) is 0 Å². The average molecular weight is 440 g/mol. The fourth-order valence-electron chi connectivity index (χ4n) is 3.85. The Bertz CT molecular complexity index is 937.